The molecule has 3 fully saturated rings. The van der Waals surface area contributed by atoms with Crippen molar-refractivity contribution in [1.82, 2.24) is 9.80 Å². The Labute approximate surface area is 163 Å². The number of hydrogen-bond donors (Lipinski definition) is 0. The number of hydrogen-bond acceptors (Lipinski definition) is 4. The molecule has 2 aliphatic heterocycles. The predicted octanol–water partition coefficient (Wildman–Crippen LogP) is 3.98. The molecule has 1 saturated carbocycles. The van der Waals surface area contributed by atoms with Crippen molar-refractivity contribution in [3.05, 3.63) is 29.8 Å². The Morgan fingerprint density at radius 1 is 1.00 bits per heavy atom. The van der Waals surface area contributed by atoms with E-state index in [0.717, 1.165) is 37.5 Å². The molecule has 0 spiro atoms. The van der Waals surface area contributed by atoms with Crippen molar-refractivity contribution in [2.45, 2.75) is 37.1 Å². The minimum Gasteiger partial charge on any atom is -0.381 e. The second-order valence-electron chi connectivity index (χ2n) is 8.36. The topological polar surface area (TPSA) is 15.7 Å². The SMILES string of the molecule is CSc1ccc(CN2C[C@@H]3C(COCCCN4CCCCC4)[C@@H]3C2)cc1. The van der Waals surface area contributed by atoms with E-state index in [-0.39, 0.29) is 0 Å². The van der Waals surface area contributed by atoms with Gasteiger partial charge >= 0.3 is 0 Å². The van der Waals surface area contributed by atoms with E-state index >= 15 is 0 Å². The average molecular weight is 375 g/mol. The van der Waals surface area contributed by atoms with E-state index in [2.05, 4.69) is 40.3 Å². The van der Waals surface area contributed by atoms with Crippen LogP contribution in [0.4, 0.5) is 0 Å². The van der Waals surface area contributed by atoms with Gasteiger partial charge in [0.05, 0.1) is 6.61 Å². The third-order valence-corrected chi connectivity index (χ3v) is 7.28. The van der Waals surface area contributed by atoms with Crippen LogP contribution in [0.1, 0.15) is 31.2 Å². The van der Waals surface area contributed by atoms with Crippen LogP contribution in [0, 0.1) is 17.8 Å². The van der Waals surface area contributed by atoms with Crippen molar-refractivity contribution in [2.24, 2.45) is 17.8 Å². The summed E-state index contributed by atoms with van der Waals surface area (Å²) in [4.78, 5) is 6.61. The van der Waals surface area contributed by atoms with Crippen LogP contribution in [0.3, 0.4) is 0 Å². The number of fused-ring (bicyclic) bond motifs is 1. The monoisotopic (exact) mass is 374 g/mol. The van der Waals surface area contributed by atoms with Gasteiger partial charge in [-0.1, -0.05) is 18.6 Å². The summed E-state index contributed by atoms with van der Waals surface area (Å²) in [6.07, 6.45) is 7.56. The minimum atomic E-state index is 0.847. The lowest BCUT2D eigenvalue weighted by Gasteiger charge is -2.26. The smallest absolute Gasteiger partial charge is 0.0500 e. The van der Waals surface area contributed by atoms with Crippen molar-refractivity contribution in [3.63, 3.8) is 0 Å². The van der Waals surface area contributed by atoms with Gasteiger partial charge in [-0.15, -0.1) is 11.8 Å². The second kappa shape index (κ2) is 9.09. The molecular formula is C22H34N2OS. The molecule has 0 bridgehead atoms. The first-order valence-electron chi connectivity index (χ1n) is 10.5. The summed E-state index contributed by atoms with van der Waals surface area (Å²) in [7, 11) is 0. The molecule has 3 aliphatic rings. The van der Waals surface area contributed by atoms with Crippen molar-refractivity contribution >= 4 is 11.8 Å². The van der Waals surface area contributed by atoms with Crippen molar-refractivity contribution in [1.29, 1.82) is 0 Å². The Bertz CT molecular complexity index is 546. The Hall–Kier alpha value is -0.550. The summed E-state index contributed by atoms with van der Waals surface area (Å²) in [5.41, 5.74) is 1.45. The van der Waals surface area contributed by atoms with Gasteiger partial charge in [-0.2, -0.15) is 0 Å². The van der Waals surface area contributed by atoms with Crippen LogP contribution >= 0.6 is 11.8 Å². The highest BCUT2D eigenvalue weighted by Crippen LogP contribution is 2.52. The van der Waals surface area contributed by atoms with Crippen LogP contribution in [0.2, 0.25) is 0 Å². The standard InChI is InChI=1S/C22H34N2OS/c1-26-19-8-6-18(7-9-19)14-24-15-20-21(16-24)22(20)17-25-13-5-12-23-10-3-2-4-11-23/h6-9,20-22H,2-5,10-17H2,1H3/t20-,21+,22?. The van der Waals surface area contributed by atoms with Crippen molar-refractivity contribution in [2.75, 3.05) is 52.2 Å². The third kappa shape index (κ3) is 4.83. The third-order valence-electron chi connectivity index (χ3n) is 6.53. The zero-order chi connectivity index (χ0) is 17.8. The molecule has 0 aromatic heterocycles. The maximum atomic E-state index is 6.02. The fourth-order valence-corrected chi connectivity index (χ4v) is 5.30. The van der Waals surface area contributed by atoms with Crippen molar-refractivity contribution in [3.8, 4) is 0 Å². The normalized spacial score (nSPS) is 29.0. The molecule has 3 atom stereocenters. The molecule has 2 saturated heterocycles. The number of thioether (sulfide) groups is 1. The zero-order valence-electron chi connectivity index (χ0n) is 16.2. The number of ether oxygens (including phenoxy) is 1. The molecule has 4 rings (SSSR count). The number of rotatable bonds is 9. The van der Waals surface area contributed by atoms with Crippen molar-refractivity contribution < 1.29 is 4.74 Å². The molecule has 4 heteroatoms. The molecular weight excluding hydrogens is 340 g/mol. The van der Waals surface area contributed by atoms with Gasteiger partial charge in [0.1, 0.15) is 0 Å². The lowest BCUT2D eigenvalue weighted by Crippen LogP contribution is -2.31. The van der Waals surface area contributed by atoms with Gasteiger partial charge in [-0.3, -0.25) is 4.90 Å². The Kier molecular flexibility index (Phi) is 6.57. The number of piperidine rings is 2. The van der Waals surface area contributed by atoms with E-state index in [4.69, 9.17) is 4.74 Å². The van der Waals surface area contributed by atoms with E-state index in [0.29, 0.717) is 0 Å². The van der Waals surface area contributed by atoms with Crippen LogP contribution in [-0.4, -0.2) is 62.0 Å². The van der Waals surface area contributed by atoms with Crippen LogP contribution in [0.5, 0.6) is 0 Å². The van der Waals surface area contributed by atoms with Gasteiger partial charge < -0.3 is 9.64 Å². The molecule has 0 N–H and O–H groups in total. The quantitative estimate of drug-likeness (QED) is 0.480. The number of likely N-dealkylation sites (tertiary alicyclic amines) is 2. The van der Waals surface area contributed by atoms with Gasteiger partial charge in [0.25, 0.3) is 0 Å². The van der Waals surface area contributed by atoms with Gasteiger partial charge in [0.2, 0.25) is 0 Å². The lowest BCUT2D eigenvalue weighted by atomic mass is 10.1. The highest BCUT2D eigenvalue weighted by Gasteiger charge is 2.55. The Morgan fingerprint density at radius 3 is 2.42 bits per heavy atom. The lowest BCUT2D eigenvalue weighted by molar-refractivity contribution is 0.0967. The average Bonchev–Trinajstić information content (AvgIpc) is 3.14. The number of benzene rings is 1. The highest BCUT2D eigenvalue weighted by atomic mass is 32.2. The zero-order valence-corrected chi connectivity index (χ0v) is 17.1. The van der Waals surface area contributed by atoms with E-state index in [1.807, 2.05) is 11.8 Å². The van der Waals surface area contributed by atoms with Crippen LogP contribution in [0.25, 0.3) is 0 Å². The summed E-state index contributed by atoms with van der Waals surface area (Å²) in [6.45, 7) is 9.48. The fourth-order valence-electron chi connectivity index (χ4n) is 4.89. The largest absolute Gasteiger partial charge is 0.381 e. The molecule has 1 aliphatic carbocycles. The summed E-state index contributed by atoms with van der Waals surface area (Å²) >= 11 is 1.82. The van der Waals surface area contributed by atoms with Gasteiger partial charge in [-0.05, 0) is 74.1 Å². The number of nitrogens with zero attached hydrogens (tertiary/aromatic N) is 2. The molecule has 1 aromatic rings. The molecule has 0 radical (unpaired) electrons. The fraction of sp³-hybridized carbons (Fsp3) is 0.727. The summed E-state index contributed by atoms with van der Waals surface area (Å²) in [6, 6.07) is 9.08. The van der Waals surface area contributed by atoms with Gasteiger partial charge in [0.15, 0.2) is 0 Å². The van der Waals surface area contributed by atoms with Crippen LogP contribution in [0.15, 0.2) is 29.2 Å². The minimum absolute atomic E-state index is 0.847. The summed E-state index contributed by atoms with van der Waals surface area (Å²) in [5.74, 6) is 2.66. The molecule has 0 amide bonds. The first-order valence-corrected chi connectivity index (χ1v) is 11.7. The highest BCUT2D eigenvalue weighted by molar-refractivity contribution is 7.98. The molecule has 26 heavy (non-hydrogen) atoms. The van der Waals surface area contributed by atoms with E-state index in [1.165, 1.54) is 68.9 Å². The Balaban J connectivity index is 1.07. The first kappa shape index (κ1) is 18.8. The van der Waals surface area contributed by atoms with Crippen LogP contribution < -0.4 is 0 Å². The van der Waals surface area contributed by atoms with E-state index in [1.54, 1.807) is 0 Å². The molecule has 3 nitrogen and oxygen atoms in total. The first-order chi connectivity index (χ1) is 12.8. The molecule has 144 valence electrons. The van der Waals surface area contributed by atoms with E-state index in [9.17, 15) is 0 Å². The molecule has 2 heterocycles. The summed E-state index contributed by atoms with van der Waals surface area (Å²) in [5, 5.41) is 0. The summed E-state index contributed by atoms with van der Waals surface area (Å²) < 4.78 is 6.02. The molecule has 1 aromatic carbocycles. The molecule has 1 unspecified atom stereocenters. The Morgan fingerprint density at radius 2 is 1.73 bits per heavy atom. The maximum absolute atomic E-state index is 6.02. The second-order valence-corrected chi connectivity index (χ2v) is 9.24. The maximum Gasteiger partial charge on any atom is 0.0500 e. The van der Waals surface area contributed by atoms with Gasteiger partial charge in [0, 0.05) is 37.7 Å². The van der Waals surface area contributed by atoms with E-state index < -0.39 is 0 Å². The van der Waals surface area contributed by atoms with Gasteiger partial charge in [-0.25, -0.2) is 0 Å². The van der Waals surface area contributed by atoms with Crippen LogP contribution in [-0.2, 0) is 11.3 Å². The predicted molar refractivity (Wildman–Crippen MR) is 110 cm³/mol.